The molecule has 0 radical (unpaired) electrons. The molecule has 3 rings (SSSR count). The van der Waals surface area contributed by atoms with Crippen molar-refractivity contribution in [2.24, 2.45) is 0 Å². The highest BCUT2D eigenvalue weighted by Gasteiger charge is 2.15. The topological polar surface area (TPSA) is 83.3 Å². The molecule has 0 aliphatic rings. The molecular formula is C27H40N4O2S. The summed E-state index contributed by atoms with van der Waals surface area (Å²) in [5, 5.41) is 20.9. The summed E-state index contributed by atoms with van der Waals surface area (Å²) in [6.45, 7) is 4.27. The Labute approximate surface area is 207 Å². The third-order valence-electron chi connectivity index (χ3n) is 6.32. The summed E-state index contributed by atoms with van der Waals surface area (Å²) >= 11 is 1.52. The number of aliphatic carboxylic acids is 1. The number of rotatable bonds is 17. The Kier molecular flexibility index (Phi) is 11.0. The van der Waals surface area contributed by atoms with Gasteiger partial charge in [0, 0.05) is 17.9 Å². The van der Waals surface area contributed by atoms with E-state index in [9.17, 15) is 4.79 Å². The van der Waals surface area contributed by atoms with E-state index in [4.69, 9.17) is 5.11 Å². The van der Waals surface area contributed by atoms with Crippen LogP contribution in [0, 0.1) is 6.92 Å². The first-order valence-corrected chi connectivity index (χ1v) is 13.9. The van der Waals surface area contributed by atoms with Gasteiger partial charge in [-0.2, -0.15) is 0 Å². The summed E-state index contributed by atoms with van der Waals surface area (Å²) in [5.41, 5.74) is 4.62. The van der Waals surface area contributed by atoms with Crippen molar-refractivity contribution in [3.63, 3.8) is 0 Å². The molecule has 186 valence electrons. The molecule has 0 atom stereocenters. The number of hydrogen-bond acceptors (Lipinski definition) is 4. The number of unbranched alkanes of at least 4 members (excludes halogenated alkanes) is 7. The summed E-state index contributed by atoms with van der Waals surface area (Å²) in [5.74, 6) is 0.676. The number of carbonyl (C=O) groups is 1. The summed E-state index contributed by atoms with van der Waals surface area (Å²) in [6, 6.07) is 9.13. The molecule has 0 amide bonds. The van der Waals surface area contributed by atoms with Crippen molar-refractivity contribution in [1.29, 1.82) is 0 Å². The minimum Gasteiger partial charge on any atom is -0.481 e. The zero-order valence-corrected chi connectivity index (χ0v) is 21.6. The van der Waals surface area contributed by atoms with E-state index in [0.29, 0.717) is 5.75 Å². The fraction of sp³-hybridized carbons (Fsp3) is 0.593. The molecule has 0 saturated heterocycles. The van der Waals surface area contributed by atoms with Crippen LogP contribution in [0.5, 0.6) is 0 Å². The molecule has 0 saturated carbocycles. The molecule has 0 unspecified atom stereocenters. The number of aryl methyl sites for hydroxylation is 4. The van der Waals surface area contributed by atoms with Gasteiger partial charge >= 0.3 is 5.97 Å². The van der Waals surface area contributed by atoms with Crippen LogP contribution in [0.4, 0.5) is 0 Å². The van der Waals surface area contributed by atoms with Gasteiger partial charge in [0.1, 0.15) is 0 Å². The summed E-state index contributed by atoms with van der Waals surface area (Å²) in [6.07, 6.45) is 15.1. The Bertz CT molecular complexity index is 1010. The molecule has 2 aromatic heterocycles. The number of aromatic amines is 1. The lowest BCUT2D eigenvalue weighted by atomic mass is 10.0. The number of carboxylic acids is 1. The SMILES string of the molecule is CCCCCCCCCCc1ccc(CCCc2nnc3c(SCCC(=O)O)c(C)[nH]n23)cc1. The Morgan fingerprint density at radius 3 is 2.18 bits per heavy atom. The van der Waals surface area contributed by atoms with Crippen molar-refractivity contribution in [3.8, 4) is 0 Å². The van der Waals surface area contributed by atoms with Gasteiger partial charge in [0.05, 0.1) is 11.3 Å². The first-order valence-electron chi connectivity index (χ1n) is 12.9. The van der Waals surface area contributed by atoms with Crippen LogP contribution >= 0.6 is 11.8 Å². The predicted octanol–water partition coefficient (Wildman–Crippen LogP) is 6.79. The first-order chi connectivity index (χ1) is 16.6. The molecule has 0 bridgehead atoms. The van der Waals surface area contributed by atoms with E-state index in [-0.39, 0.29) is 6.42 Å². The number of thioether (sulfide) groups is 1. The van der Waals surface area contributed by atoms with E-state index in [1.165, 1.54) is 80.7 Å². The fourth-order valence-electron chi connectivity index (χ4n) is 4.33. The smallest absolute Gasteiger partial charge is 0.304 e. The number of fused-ring (bicyclic) bond motifs is 1. The highest BCUT2D eigenvalue weighted by atomic mass is 32.2. The van der Waals surface area contributed by atoms with Crippen LogP contribution in [0.15, 0.2) is 29.2 Å². The Hall–Kier alpha value is -2.28. The van der Waals surface area contributed by atoms with Crippen molar-refractivity contribution in [2.75, 3.05) is 5.75 Å². The zero-order chi connectivity index (χ0) is 24.2. The van der Waals surface area contributed by atoms with E-state index >= 15 is 0 Å². The molecule has 34 heavy (non-hydrogen) atoms. The maximum atomic E-state index is 10.8. The average Bonchev–Trinajstić information content (AvgIpc) is 3.35. The number of carboxylic acid groups (broad SMARTS) is 1. The Balaban J connectivity index is 1.38. The van der Waals surface area contributed by atoms with Gasteiger partial charge in [-0.05, 0) is 43.7 Å². The predicted molar refractivity (Wildman–Crippen MR) is 140 cm³/mol. The molecular weight excluding hydrogens is 444 g/mol. The van der Waals surface area contributed by atoms with E-state index in [1.807, 2.05) is 11.4 Å². The molecule has 0 fully saturated rings. The van der Waals surface area contributed by atoms with Gasteiger partial charge < -0.3 is 5.11 Å². The van der Waals surface area contributed by atoms with Crippen molar-refractivity contribution in [3.05, 3.63) is 46.9 Å². The zero-order valence-electron chi connectivity index (χ0n) is 20.8. The number of benzene rings is 1. The summed E-state index contributed by atoms with van der Waals surface area (Å²) in [7, 11) is 0. The van der Waals surface area contributed by atoms with Gasteiger partial charge in [-0.3, -0.25) is 9.89 Å². The lowest BCUT2D eigenvalue weighted by Gasteiger charge is -2.05. The highest BCUT2D eigenvalue weighted by molar-refractivity contribution is 7.99. The van der Waals surface area contributed by atoms with Crippen LogP contribution in [0.1, 0.15) is 93.8 Å². The highest BCUT2D eigenvalue weighted by Crippen LogP contribution is 2.27. The number of hydrogen-bond donors (Lipinski definition) is 2. The molecule has 0 spiro atoms. The van der Waals surface area contributed by atoms with Crippen LogP contribution in [0.3, 0.4) is 0 Å². The van der Waals surface area contributed by atoms with Crippen molar-refractivity contribution >= 4 is 23.4 Å². The van der Waals surface area contributed by atoms with Crippen LogP contribution in [-0.2, 0) is 24.1 Å². The molecule has 3 aromatic rings. The monoisotopic (exact) mass is 484 g/mol. The average molecular weight is 485 g/mol. The number of nitrogens with zero attached hydrogens (tertiary/aromatic N) is 3. The van der Waals surface area contributed by atoms with E-state index in [0.717, 1.165) is 41.3 Å². The van der Waals surface area contributed by atoms with Gasteiger partial charge in [0.25, 0.3) is 0 Å². The quantitative estimate of drug-likeness (QED) is 0.163. The second kappa shape index (κ2) is 14.2. The molecule has 7 heteroatoms. The van der Waals surface area contributed by atoms with Crippen LogP contribution < -0.4 is 0 Å². The van der Waals surface area contributed by atoms with Gasteiger partial charge in [-0.1, -0.05) is 76.1 Å². The molecule has 2 N–H and O–H groups in total. The van der Waals surface area contributed by atoms with Crippen LogP contribution in [0.25, 0.3) is 5.65 Å². The molecule has 1 aromatic carbocycles. The lowest BCUT2D eigenvalue weighted by Crippen LogP contribution is -1.98. The summed E-state index contributed by atoms with van der Waals surface area (Å²) in [4.78, 5) is 11.8. The normalized spacial score (nSPS) is 11.5. The number of nitrogens with one attached hydrogen (secondary N) is 1. The van der Waals surface area contributed by atoms with Gasteiger partial charge in [-0.15, -0.1) is 22.0 Å². The summed E-state index contributed by atoms with van der Waals surface area (Å²) < 4.78 is 1.95. The third-order valence-corrected chi connectivity index (χ3v) is 7.51. The van der Waals surface area contributed by atoms with Crippen molar-refractivity contribution < 1.29 is 9.90 Å². The largest absolute Gasteiger partial charge is 0.481 e. The van der Waals surface area contributed by atoms with Gasteiger partial charge in [0.2, 0.25) is 0 Å². The molecule has 0 aliphatic heterocycles. The lowest BCUT2D eigenvalue weighted by molar-refractivity contribution is -0.136. The fourth-order valence-corrected chi connectivity index (χ4v) is 5.33. The number of aromatic nitrogens is 4. The van der Waals surface area contributed by atoms with Crippen LogP contribution in [0.2, 0.25) is 0 Å². The van der Waals surface area contributed by atoms with Crippen LogP contribution in [-0.4, -0.2) is 36.6 Å². The Morgan fingerprint density at radius 1 is 0.912 bits per heavy atom. The maximum absolute atomic E-state index is 10.8. The number of H-pyrrole nitrogens is 1. The van der Waals surface area contributed by atoms with Crippen molar-refractivity contribution in [1.82, 2.24) is 19.8 Å². The molecule has 2 heterocycles. The minimum atomic E-state index is -0.778. The maximum Gasteiger partial charge on any atom is 0.304 e. The first kappa shape index (κ1) is 26.3. The second-order valence-corrected chi connectivity index (χ2v) is 10.3. The Morgan fingerprint density at radius 2 is 1.53 bits per heavy atom. The van der Waals surface area contributed by atoms with Crippen molar-refractivity contribution in [2.45, 2.75) is 102 Å². The molecule has 0 aliphatic carbocycles. The van der Waals surface area contributed by atoms with E-state index in [2.05, 4.69) is 46.5 Å². The minimum absolute atomic E-state index is 0.139. The standard InChI is InChI=1S/C27H40N4O2S/c1-3-4-5-6-7-8-9-10-12-22-15-17-23(18-16-22)13-11-14-24-28-29-27-26(21(2)30-31(24)27)34-20-19-25(32)33/h15-18,30H,3-14,19-20H2,1-2H3,(H,32,33). The molecule has 6 nitrogen and oxygen atoms in total. The van der Waals surface area contributed by atoms with E-state index < -0.39 is 5.97 Å². The van der Waals surface area contributed by atoms with E-state index in [1.54, 1.807) is 0 Å². The van der Waals surface area contributed by atoms with Gasteiger partial charge in [0.15, 0.2) is 11.5 Å². The van der Waals surface area contributed by atoms with Gasteiger partial charge in [-0.25, -0.2) is 4.52 Å². The second-order valence-electron chi connectivity index (χ2n) is 9.23. The third kappa shape index (κ3) is 8.19.